The van der Waals surface area contributed by atoms with Gasteiger partial charge in [0.2, 0.25) is 5.88 Å². The predicted molar refractivity (Wildman–Crippen MR) is 62.7 cm³/mol. The molecular formula is C12H9FN2O3. The van der Waals surface area contributed by atoms with Crippen LogP contribution in [0.3, 0.4) is 0 Å². The summed E-state index contributed by atoms with van der Waals surface area (Å²) in [5.41, 5.74) is 0.787. The predicted octanol–water partition coefficient (Wildman–Crippen LogP) is 1.88. The number of carbonyl (C=O) groups is 1. The van der Waals surface area contributed by atoms with E-state index >= 15 is 0 Å². The zero-order valence-electron chi connectivity index (χ0n) is 9.42. The van der Waals surface area contributed by atoms with E-state index < -0.39 is 11.8 Å². The van der Waals surface area contributed by atoms with Crippen LogP contribution in [-0.2, 0) is 4.79 Å². The van der Waals surface area contributed by atoms with E-state index in [9.17, 15) is 9.18 Å². The molecule has 0 aromatic carbocycles. The fourth-order valence-corrected chi connectivity index (χ4v) is 1.47. The Morgan fingerprint density at radius 1 is 1.50 bits per heavy atom. The van der Waals surface area contributed by atoms with Gasteiger partial charge in [0.05, 0.1) is 18.8 Å². The van der Waals surface area contributed by atoms with E-state index in [1.807, 2.05) is 0 Å². The molecule has 18 heavy (non-hydrogen) atoms. The number of rotatable bonds is 3. The molecule has 1 N–H and O–H groups in total. The number of aliphatic carboxylic acids is 1. The Hall–Kier alpha value is -2.50. The number of methoxy groups -OCH3 is 1. The molecule has 2 rings (SSSR count). The van der Waals surface area contributed by atoms with Crippen molar-refractivity contribution in [2.75, 3.05) is 7.11 Å². The second-order valence-electron chi connectivity index (χ2n) is 3.41. The van der Waals surface area contributed by atoms with Gasteiger partial charge >= 0.3 is 5.97 Å². The summed E-state index contributed by atoms with van der Waals surface area (Å²) in [6.45, 7) is 0. The van der Waals surface area contributed by atoms with Crippen LogP contribution in [0.2, 0.25) is 0 Å². The molecule has 0 aliphatic heterocycles. The molecular weight excluding hydrogens is 239 g/mol. The zero-order valence-corrected chi connectivity index (χ0v) is 9.42. The van der Waals surface area contributed by atoms with Gasteiger partial charge in [0.15, 0.2) is 5.82 Å². The van der Waals surface area contributed by atoms with E-state index in [0.29, 0.717) is 11.4 Å². The van der Waals surface area contributed by atoms with Crippen molar-refractivity contribution in [1.82, 2.24) is 9.97 Å². The highest BCUT2D eigenvalue weighted by Crippen LogP contribution is 2.21. The van der Waals surface area contributed by atoms with Crippen molar-refractivity contribution in [3.05, 3.63) is 35.8 Å². The summed E-state index contributed by atoms with van der Waals surface area (Å²) in [6.07, 6.45) is 3.02. The topological polar surface area (TPSA) is 72.3 Å². The van der Waals surface area contributed by atoms with Crippen molar-refractivity contribution in [2.45, 2.75) is 0 Å². The van der Waals surface area contributed by atoms with Gasteiger partial charge in [-0.1, -0.05) is 0 Å². The molecule has 92 valence electrons. The Balaban J connectivity index is 2.67. The highest BCUT2D eigenvalue weighted by molar-refractivity contribution is 5.91. The van der Waals surface area contributed by atoms with Gasteiger partial charge in [-0.3, -0.25) is 4.98 Å². The van der Waals surface area contributed by atoms with Crippen molar-refractivity contribution in [3.63, 3.8) is 0 Å². The number of hydrogen-bond acceptors (Lipinski definition) is 4. The Morgan fingerprint density at radius 2 is 2.28 bits per heavy atom. The lowest BCUT2D eigenvalue weighted by atomic mass is 10.1. The van der Waals surface area contributed by atoms with Crippen LogP contribution < -0.4 is 4.74 Å². The monoisotopic (exact) mass is 248 g/mol. The molecule has 0 spiro atoms. The first-order valence-corrected chi connectivity index (χ1v) is 5.02. The van der Waals surface area contributed by atoms with Crippen LogP contribution >= 0.6 is 0 Å². The van der Waals surface area contributed by atoms with E-state index in [4.69, 9.17) is 9.84 Å². The molecule has 0 bridgehead atoms. The fourth-order valence-electron chi connectivity index (χ4n) is 1.47. The maximum absolute atomic E-state index is 13.6. The summed E-state index contributed by atoms with van der Waals surface area (Å²) in [7, 11) is 1.44. The Bertz CT molecular complexity index is 641. The highest BCUT2D eigenvalue weighted by Gasteiger charge is 2.09. The van der Waals surface area contributed by atoms with Crippen molar-refractivity contribution >= 4 is 23.1 Å². The largest absolute Gasteiger partial charge is 0.481 e. The molecule has 2 aromatic heterocycles. The van der Waals surface area contributed by atoms with E-state index in [1.165, 1.54) is 7.11 Å². The third-order valence-corrected chi connectivity index (χ3v) is 2.28. The number of aromatic nitrogens is 2. The highest BCUT2D eigenvalue weighted by atomic mass is 19.1. The van der Waals surface area contributed by atoms with Gasteiger partial charge in [-0.25, -0.2) is 14.2 Å². The van der Waals surface area contributed by atoms with Crippen LogP contribution in [0.4, 0.5) is 4.39 Å². The molecule has 0 amide bonds. The molecule has 0 unspecified atom stereocenters. The summed E-state index contributed by atoms with van der Waals surface area (Å²) in [6, 6.07) is 3.22. The molecule has 0 saturated heterocycles. The van der Waals surface area contributed by atoms with Crippen LogP contribution in [0.5, 0.6) is 5.88 Å². The number of carboxylic acid groups (broad SMARTS) is 1. The molecule has 0 atom stereocenters. The molecule has 0 aliphatic carbocycles. The minimum absolute atomic E-state index is 0.0706. The number of carboxylic acids is 1. The summed E-state index contributed by atoms with van der Waals surface area (Å²) in [4.78, 5) is 18.4. The van der Waals surface area contributed by atoms with Crippen molar-refractivity contribution in [2.24, 2.45) is 0 Å². The summed E-state index contributed by atoms with van der Waals surface area (Å²) in [5, 5.41) is 8.57. The van der Waals surface area contributed by atoms with Crippen molar-refractivity contribution in [3.8, 4) is 5.88 Å². The number of fused-ring (bicyclic) bond motifs is 1. The first kappa shape index (κ1) is 12.0. The smallest absolute Gasteiger partial charge is 0.328 e. The van der Waals surface area contributed by atoms with Gasteiger partial charge in [-0.2, -0.15) is 0 Å². The summed E-state index contributed by atoms with van der Waals surface area (Å²) in [5.74, 6) is -1.50. The minimum atomic E-state index is -1.16. The molecule has 0 radical (unpaired) electrons. The molecule has 2 aromatic rings. The number of halogens is 1. The third-order valence-electron chi connectivity index (χ3n) is 2.28. The normalized spacial score (nSPS) is 11.0. The molecule has 5 nitrogen and oxygen atoms in total. The number of hydrogen-bond donors (Lipinski definition) is 1. The van der Waals surface area contributed by atoms with E-state index in [1.54, 1.807) is 12.1 Å². The Morgan fingerprint density at radius 3 is 2.94 bits per heavy atom. The van der Waals surface area contributed by atoms with E-state index in [2.05, 4.69) is 9.97 Å². The Kier molecular flexibility index (Phi) is 3.18. The molecule has 2 heterocycles. The fraction of sp³-hybridized carbons (Fsp3) is 0.0833. The number of nitrogens with zero attached hydrogens (tertiary/aromatic N) is 2. The van der Waals surface area contributed by atoms with Gasteiger partial charge in [-0.05, 0) is 12.1 Å². The lowest BCUT2D eigenvalue weighted by molar-refractivity contribution is -0.131. The van der Waals surface area contributed by atoms with Crippen molar-refractivity contribution in [1.29, 1.82) is 0 Å². The van der Waals surface area contributed by atoms with Crippen LogP contribution in [0.1, 0.15) is 5.56 Å². The van der Waals surface area contributed by atoms with E-state index in [0.717, 1.165) is 18.3 Å². The zero-order chi connectivity index (χ0) is 13.1. The maximum atomic E-state index is 13.6. The molecule has 6 heteroatoms. The molecule has 0 aliphatic rings. The van der Waals surface area contributed by atoms with Gasteiger partial charge in [0.25, 0.3) is 0 Å². The van der Waals surface area contributed by atoms with Crippen molar-refractivity contribution < 1.29 is 19.0 Å². The average Bonchev–Trinajstić information content (AvgIpc) is 2.36. The first-order chi connectivity index (χ1) is 8.61. The third kappa shape index (κ3) is 2.27. The summed E-state index contributed by atoms with van der Waals surface area (Å²) >= 11 is 0. The first-order valence-electron chi connectivity index (χ1n) is 5.02. The van der Waals surface area contributed by atoms with Gasteiger partial charge < -0.3 is 9.84 Å². The lowest BCUT2D eigenvalue weighted by Crippen LogP contribution is -1.95. The number of ether oxygens (including phenoxy) is 1. The molecule has 0 fully saturated rings. The average molecular weight is 248 g/mol. The van der Waals surface area contributed by atoms with Crippen LogP contribution in [0, 0.1) is 5.82 Å². The van der Waals surface area contributed by atoms with Gasteiger partial charge in [0, 0.05) is 17.7 Å². The van der Waals surface area contributed by atoms with Crippen LogP contribution in [0.25, 0.3) is 17.1 Å². The second kappa shape index (κ2) is 4.79. The second-order valence-corrected chi connectivity index (χ2v) is 3.41. The molecule has 0 saturated carbocycles. The maximum Gasteiger partial charge on any atom is 0.328 e. The standard InChI is InChI=1S/C12H9FN2O3/c1-18-10-4-3-9-12(15-10)7(2-5-11(16)17)8(13)6-14-9/h2-6H,1H3,(H,16,17)/b5-2+. The lowest BCUT2D eigenvalue weighted by Gasteiger charge is -2.04. The Labute approximate surface area is 102 Å². The van der Waals surface area contributed by atoms with Gasteiger partial charge in [-0.15, -0.1) is 0 Å². The minimum Gasteiger partial charge on any atom is -0.481 e. The number of pyridine rings is 2. The SMILES string of the molecule is COc1ccc2ncc(F)c(/C=C/C(=O)O)c2n1. The van der Waals surface area contributed by atoms with Crippen LogP contribution in [0.15, 0.2) is 24.4 Å². The van der Waals surface area contributed by atoms with E-state index in [-0.39, 0.29) is 11.1 Å². The van der Waals surface area contributed by atoms with Crippen LogP contribution in [-0.4, -0.2) is 28.2 Å². The quantitative estimate of drug-likeness (QED) is 0.839. The van der Waals surface area contributed by atoms with Gasteiger partial charge in [0.1, 0.15) is 5.52 Å². The summed E-state index contributed by atoms with van der Waals surface area (Å²) < 4.78 is 18.6.